The van der Waals surface area contributed by atoms with E-state index < -0.39 is 17.2 Å². The molecular formula is C19H16BrN3O4. The maximum absolute atomic E-state index is 12.7. The van der Waals surface area contributed by atoms with Gasteiger partial charge in [0.15, 0.2) is 11.4 Å². The molecule has 0 radical (unpaired) electrons. The standard InChI is InChI=1S/C19H16BrN3O4/c1-11-3-8-16(27-2)14(9-11)21-19(26)18-15(24)10-17(25)23(22-18)13-6-4-12(20)5-7-13/h3-10,24H,1-2H3,(H,21,26). The van der Waals surface area contributed by atoms with Crippen molar-refractivity contribution in [1.29, 1.82) is 0 Å². The Morgan fingerprint density at radius 3 is 2.56 bits per heavy atom. The van der Waals surface area contributed by atoms with Crippen LogP contribution in [0.4, 0.5) is 5.69 Å². The first-order valence-electron chi connectivity index (χ1n) is 7.94. The van der Waals surface area contributed by atoms with Gasteiger partial charge in [-0.3, -0.25) is 9.59 Å². The zero-order valence-corrected chi connectivity index (χ0v) is 16.1. The number of methoxy groups -OCH3 is 1. The Hall–Kier alpha value is -3.13. The number of benzene rings is 2. The number of nitrogens with one attached hydrogen (secondary N) is 1. The first kappa shape index (κ1) is 18.7. The molecule has 1 amide bonds. The number of halogens is 1. The molecular weight excluding hydrogens is 414 g/mol. The van der Waals surface area contributed by atoms with E-state index in [-0.39, 0.29) is 5.69 Å². The molecule has 1 heterocycles. The number of amides is 1. The van der Waals surface area contributed by atoms with Gasteiger partial charge in [0.1, 0.15) is 5.75 Å². The quantitative estimate of drug-likeness (QED) is 0.663. The average Bonchev–Trinajstić information content (AvgIpc) is 2.63. The third-order valence-corrected chi connectivity index (χ3v) is 4.33. The molecule has 27 heavy (non-hydrogen) atoms. The lowest BCUT2D eigenvalue weighted by atomic mass is 10.2. The van der Waals surface area contributed by atoms with Crippen LogP contribution in [0.5, 0.6) is 11.5 Å². The molecule has 0 aliphatic heterocycles. The van der Waals surface area contributed by atoms with Crippen LogP contribution in [0.25, 0.3) is 5.69 Å². The summed E-state index contributed by atoms with van der Waals surface area (Å²) in [6.07, 6.45) is 0. The summed E-state index contributed by atoms with van der Waals surface area (Å²) in [6.45, 7) is 1.87. The predicted octanol–water partition coefficient (Wildman–Crippen LogP) is 3.27. The number of hydrogen-bond donors (Lipinski definition) is 2. The van der Waals surface area contributed by atoms with Gasteiger partial charge in [-0.25, -0.2) is 0 Å². The van der Waals surface area contributed by atoms with Crippen LogP contribution in [0.2, 0.25) is 0 Å². The van der Waals surface area contributed by atoms with Crippen LogP contribution in [-0.4, -0.2) is 27.9 Å². The molecule has 0 fully saturated rings. The summed E-state index contributed by atoms with van der Waals surface area (Å²) in [5, 5.41) is 16.8. The number of anilines is 1. The van der Waals surface area contributed by atoms with Gasteiger partial charge in [-0.1, -0.05) is 22.0 Å². The Bertz CT molecular complexity index is 1060. The van der Waals surface area contributed by atoms with Crippen LogP contribution in [0, 0.1) is 6.92 Å². The molecule has 2 N–H and O–H groups in total. The molecule has 3 rings (SSSR count). The fraction of sp³-hybridized carbons (Fsp3) is 0.105. The van der Waals surface area contributed by atoms with Crippen molar-refractivity contribution in [3.63, 3.8) is 0 Å². The Morgan fingerprint density at radius 1 is 1.19 bits per heavy atom. The molecule has 0 spiro atoms. The summed E-state index contributed by atoms with van der Waals surface area (Å²) in [4.78, 5) is 24.8. The maximum atomic E-state index is 12.7. The van der Waals surface area contributed by atoms with Crippen LogP contribution >= 0.6 is 15.9 Å². The largest absolute Gasteiger partial charge is 0.505 e. The molecule has 8 heteroatoms. The van der Waals surface area contributed by atoms with E-state index in [2.05, 4.69) is 26.3 Å². The Kier molecular flexibility index (Phi) is 5.27. The third kappa shape index (κ3) is 4.01. The number of carbonyl (C=O) groups is 1. The molecule has 0 aliphatic carbocycles. The van der Waals surface area contributed by atoms with E-state index >= 15 is 0 Å². The highest BCUT2D eigenvalue weighted by Crippen LogP contribution is 2.26. The van der Waals surface area contributed by atoms with Crippen molar-refractivity contribution in [3.05, 3.63) is 74.6 Å². The number of aromatic hydroxyl groups is 1. The minimum absolute atomic E-state index is 0.277. The van der Waals surface area contributed by atoms with Crippen LogP contribution in [0.1, 0.15) is 16.1 Å². The lowest BCUT2D eigenvalue weighted by molar-refractivity contribution is 0.101. The summed E-state index contributed by atoms with van der Waals surface area (Å²) in [7, 11) is 1.49. The number of aromatic nitrogens is 2. The second kappa shape index (κ2) is 7.63. The van der Waals surface area contributed by atoms with E-state index in [1.807, 2.05) is 13.0 Å². The van der Waals surface area contributed by atoms with Gasteiger partial charge in [0.05, 0.1) is 18.5 Å². The lowest BCUT2D eigenvalue weighted by Crippen LogP contribution is -2.25. The number of carbonyl (C=O) groups excluding carboxylic acids is 1. The van der Waals surface area contributed by atoms with Crippen molar-refractivity contribution in [2.24, 2.45) is 0 Å². The fourth-order valence-electron chi connectivity index (χ4n) is 2.48. The van der Waals surface area contributed by atoms with Crippen molar-refractivity contribution in [3.8, 4) is 17.2 Å². The van der Waals surface area contributed by atoms with Gasteiger partial charge in [-0.15, -0.1) is 0 Å². The van der Waals surface area contributed by atoms with Gasteiger partial charge in [0.25, 0.3) is 11.5 Å². The van der Waals surface area contributed by atoms with Gasteiger partial charge < -0.3 is 15.2 Å². The molecule has 138 valence electrons. The first-order valence-corrected chi connectivity index (χ1v) is 8.73. The second-order valence-corrected chi connectivity index (χ2v) is 6.68. The highest BCUT2D eigenvalue weighted by Gasteiger charge is 2.18. The van der Waals surface area contributed by atoms with Gasteiger partial charge >= 0.3 is 0 Å². The molecule has 0 atom stereocenters. The second-order valence-electron chi connectivity index (χ2n) is 5.76. The predicted molar refractivity (Wildman–Crippen MR) is 105 cm³/mol. The number of hydrogen-bond acceptors (Lipinski definition) is 5. The molecule has 3 aromatic rings. The zero-order valence-electron chi connectivity index (χ0n) is 14.6. The first-order chi connectivity index (χ1) is 12.9. The molecule has 2 aromatic carbocycles. The summed E-state index contributed by atoms with van der Waals surface area (Å²) < 4.78 is 7.12. The average molecular weight is 430 g/mol. The molecule has 1 aromatic heterocycles. The molecule has 0 saturated heterocycles. The maximum Gasteiger partial charge on any atom is 0.280 e. The van der Waals surface area contributed by atoms with Crippen LogP contribution in [0.15, 0.2) is 57.8 Å². The lowest BCUT2D eigenvalue weighted by Gasteiger charge is -2.12. The van der Waals surface area contributed by atoms with Crippen LogP contribution < -0.4 is 15.6 Å². The van der Waals surface area contributed by atoms with E-state index in [1.54, 1.807) is 36.4 Å². The number of aryl methyl sites for hydroxylation is 1. The SMILES string of the molecule is COc1ccc(C)cc1NC(=O)c1nn(-c2ccc(Br)cc2)c(=O)cc1O. The zero-order chi connectivity index (χ0) is 19.6. The molecule has 0 unspecified atom stereocenters. The summed E-state index contributed by atoms with van der Waals surface area (Å²) in [5.74, 6) is -0.700. The van der Waals surface area contributed by atoms with E-state index in [0.717, 1.165) is 20.8 Å². The van der Waals surface area contributed by atoms with Crippen LogP contribution in [0.3, 0.4) is 0 Å². The van der Waals surface area contributed by atoms with Gasteiger partial charge in [-0.05, 0) is 48.9 Å². The van der Waals surface area contributed by atoms with Gasteiger partial charge in [0, 0.05) is 10.5 Å². The topological polar surface area (TPSA) is 93.5 Å². The Labute approximate surface area is 163 Å². The van der Waals surface area contributed by atoms with Crippen molar-refractivity contribution < 1.29 is 14.6 Å². The normalized spacial score (nSPS) is 10.5. The highest BCUT2D eigenvalue weighted by atomic mass is 79.9. The van der Waals surface area contributed by atoms with E-state index in [0.29, 0.717) is 17.1 Å². The molecule has 0 saturated carbocycles. The highest BCUT2D eigenvalue weighted by molar-refractivity contribution is 9.10. The monoisotopic (exact) mass is 429 g/mol. The molecule has 0 aliphatic rings. The van der Waals surface area contributed by atoms with E-state index in [4.69, 9.17) is 4.74 Å². The fourth-order valence-corrected chi connectivity index (χ4v) is 2.74. The summed E-state index contributed by atoms with van der Waals surface area (Å²) in [5.41, 5.74) is 0.985. The van der Waals surface area contributed by atoms with Crippen molar-refractivity contribution in [2.75, 3.05) is 12.4 Å². The number of nitrogens with zero attached hydrogens (tertiary/aromatic N) is 2. The smallest absolute Gasteiger partial charge is 0.280 e. The Morgan fingerprint density at radius 2 is 1.89 bits per heavy atom. The minimum atomic E-state index is -0.665. The summed E-state index contributed by atoms with van der Waals surface area (Å²) >= 11 is 3.32. The molecule has 0 bridgehead atoms. The molecule has 7 nitrogen and oxygen atoms in total. The number of ether oxygens (including phenoxy) is 1. The Balaban J connectivity index is 2.00. The summed E-state index contributed by atoms with van der Waals surface area (Å²) in [6, 6.07) is 13.1. The minimum Gasteiger partial charge on any atom is -0.505 e. The van der Waals surface area contributed by atoms with E-state index in [1.165, 1.54) is 7.11 Å². The van der Waals surface area contributed by atoms with Crippen molar-refractivity contribution in [2.45, 2.75) is 6.92 Å². The van der Waals surface area contributed by atoms with Gasteiger partial charge in [0.2, 0.25) is 0 Å². The van der Waals surface area contributed by atoms with Crippen molar-refractivity contribution in [1.82, 2.24) is 9.78 Å². The van der Waals surface area contributed by atoms with Crippen molar-refractivity contribution >= 4 is 27.5 Å². The number of rotatable bonds is 4. The van der Waals surface area contributed by atoms with Gasteiger partial charge in [-0.2, -0.15) is 9.78 Å². The van der Waals surface area contributed by atoms with E-state index in [9.17, 15) is 14.7 Å². The third-order valence-electron chi connectivity index (χ3n) is 3.80. The van der Waals surface area contributed by atoms with Crippen LogP contribution in [-0.2, 0) is 0 Å².